The first-order valence-corrected chi connectivity index (χ1v) is 10.4. The normalized spacial score (nSPS) is 14.3. The fraction of sp³-hybridized carbons (Fsp3) is 0.348. The van der Waals surface area contributed by atoms with Gasteiger partial charge in [0, 0.05) is 50.4 Å². The minimum absolute atomic E-state index is 0.00751. The maximum atomic E-state index is 14.4. The molecule has 170 valence electrons. The van der Waals surface area contributed by atoms with Gasteiger partial charge in [0.15, 0.2) is 5.78 Å². The Labute approximate surface area is 185 Å². The van der Waals surface area contributed by atoms with Gasteiger partial charge in [-0.2, -0.15) is 0 Å². The number of nitrogens with zero attached hydrogens (tertiary/aromatic N) is 3. The highest BCUT2D eigenvalue weighted by atomic mass is 19.1. The number of amides is 2. The van der Waals surface area contributed by atoms with Gasteiger partial charge in [0.25, 0.3) is 0 Å². The molecule has 0 bridgehead atoms. The van der Waals surface area contributed by atoms with E-state index in [0.717, 1.165) is 0 Å². The smallest absolute Gasteiger partial charge is 0.241 e. The minimum atomic E-state index is -0.531. The van der Waals surface area contributed by atoms with Crippen LogP contribution in [-0.4, -0.2) is 61.8 Å². The lowest BCUT2D eigenvalue weighted by Gasteiger charge is -2.36. The Morgan fingerprint density at radius 1 is 1.00 bits per heavy atom. The maximum absolute atomic E-state index is 14.4. The molecule has 9 heteroatoms. The van der Waals surface area contributed by atoms with Crippen LogP contribution in [0.15, 0.2) is 42.5 Å². The van der Waals surface area contributed by atoms with Crippen LogP contribution in [0.3, 0.4) is 0 Å². The highest BCUT2D eigenvalue weighted by molar-refractivity contribution is 5.95. The second-order valence-electron chi connectivity index (χ2n) is 7.72. The van der Waals surface area contributed by atoms with Crippen LogP contribution >= 0.6 is 0 Å². The first-order valence-electron chi connectivity index (χ1n) is 10.4. The highest BCUT2D eigenvalue weighted by Crippen LogP contribution is 2.23. The second-order valence-corrected chi connectivity index (χ2v) is 7.72. The fourth-order valence-corrected chi connectivity index (χ4v) is 3.65. The van der Waals surface area contributed by atoms with E-state index in [2.05, 4.69) is 0 Å². The molecule has 3 rings (SSSR count). The fourth-order valence-electron chi connectivity index (χ4n) is 3.65. The molecule has 32 heavy (non-hydrogen) atoms. The number of ketones is 1. The molecule has 0 radical (unpaired) electrons. The Bertz CT molecular complexity index is 989. The van der Waals surface area contributed by atoms with Gasteiger partial charge in [-0.1, -0.05) is 0 Å². The molecule has 0 unspecified atom stereocenters. The summed E-state index contributed by atoms with van der Waals surface area (Å²) in [6.07, 6.45) is -0.00751. The number of carbonyl (C=O) groups is 3. The molecule has 2 amide bonds. The van der Waals surface area contributed by atoms with Crippen LogP contribution in [0.2, 0.25) is 0 Å². The van der Waals surface area contributed by atoms with E-state index in [1.54, 1.807) is 12.1 Å². The molecule has 7 nitrogen and oxygen atoms in total. The third-order valence-corrected chi connectivity index (χ3v) is 5.45. The van der Waals surface area contributed by atoms with Gasteiger partial charge in [0.05, 0.1) is 12.2 Å². The van der Waals surface area contributed by atoms with Crippen molar-refractivity contribution < 1.29 is 23.2 Å². The second kappa shape index (κ2) is 10.3. The van der Waals surface area contributed by atoms with Crippen LogP contribution in [0.25, 0.3) is 0 Å². The summed E-state index contributed by atoms with van der Waals surface area (Å²) in [5.41, 5.74) is 6.48. The van der Waals surface area contributed by atoms with Crippen molar-refractivity contribution in [1.29, 1.82) is 0 Å². The molecule has 1 heterocycles. The lowest BCUT2D eigenvalue weighted by atomic mass is 10.1. The number of primary amides is 1. The van der Waals surface area contributed by atoms with Gasteiger partial charge in [0.1, 0.15) is 11.6 Å². The summed E-state index contributed by atoms with van der Waals surface area (Å²) in [6, 6.07) is 9.93. The van der Waals surface area contributed by atoms with E-state index in [0.29, 0.717) is 43.1 Å². The van der Waals surface area contributed by atoms with Crippen molar-refractivity contribution in [1.82, 2.24) is 4.90 Å². The molecule has 1 aliphatic heterocycles. The molecule has 2 aromatic rings. The molecule has 1 saturated heterocycles. The molecule has 1 aliphatic rings. The molecule has 2 aromatic carbocycles. The molecule has 0 spiro atoms. The zero-order chi connectivity index (χ0) is 23.3. The minimum Gasteiger partial charge on any atom is -0.370 e. The van der Waals surface area contributed by atoms with Gasteiger partial charge >= 0.3 is 0 Å². The number of piperazine rings is 1. The summed E-state index contributed by atoms with van der Waals surface area (Å²) >= 11 is 0. The number of nitrogens with two attached hydrogens (primary N) is 1. The zero-order valence-corrected chi connectivity index (χ0v) is 17.9. The molecular formula is C23H26F2N4O3. The van der Waals surface area contributed by atoms with Crippen molar-refractivity contribution in [2.24, 2.45) is 5.73 Å². The summed E-state index contributed by atoms with van der Waals surface area (Å²) in [6.45, 7) is 3.70. The van der Waals surface area contributed by atoms with Gasteiger partial charge in [-0.15, -0.1) is 0 Å². The zero-order valence-electron chi connectivity index (χ0n) is 17.9. The standard InChI is InChI=1S/C23H26F2N4O3/c1-16(30)17-2-7-21(20(25)14-17)28-12-10-27(11-13-28)15-23(32)29(9-8-22(26)31)19-5-3-18(24)4-6-19/h2-7,14H,8-13,15H2,1H3,(H2,26,31). The Morgan fingerprint density at radius 3 is 2.22 bits per heavy atom. The topological polar surface area (TPSA) is 87.0 Å². The van der Waals surface area contributed by atoms with E-state index < -0.39 is 17.5 Å². The Morgan fingerprint density at radius 2 is 1.66 bits per heavy atom. The molecule has 0 aromatic heterocycles. The van der Waals surface area contributed by atoms with Crippen molar-refractivity contribution >= 4 is 29.0 Å². The number of hydrogen-bond donors (Lipinski definition) is 1. The summed E-state index contributed by atoms with van der Waals surface area (Å²) in [7, 11) is 0. The van der Waals surface area contributed by atoms with Gasteiger partial charge in [0.2, 0.25) is 11.8 Å². The van der Waals surface area contributed by atoms with Gasteiger partial charge in [-0.05, 0) is 49.4 Å². The number of rotatable bonds is 8. The van der Waals surface area contributed by atoms with Crippen LogP contribution in [0.5, 0.6) is 0 Å². The monoisotopic (exact) mass is 444 g/mol. The molecule has 0 atom stereocenters. The van der Waals surface area contributed by atoms with Crippen LogP contribution < -0.4 is 15.5 Å². The van der Waals surface area contributed by atoms with Crippen molar-refractivity contribution in [2.75, 3.05) is 49.1 Å². The van der Waals surface area contributed by atoms with E-state index >= 15 is 0 Å². The molecule has 0 aliphatic carbocycles. The number of benzene rings is 2. The van der Waals surface area contributed by atoms with Crippen LogP contribution in [-0.2, 0) is 9.59 Å². The van der Waals surface area contributed by atoms with E-state index in [4.69, 9.17) is 5.73 Å². The summed E-state index contributed by atoms with van der Waals surface area (Å²) < 4.78 is 27.7. The quantitative estimate of drug-likeness (QED) is 0.631. The van der Waals surface area contributed by atoms with E-state index in [-0.39, 0.29) is 31.2 Å². The van der Waals surface area contributed by atoms with Crippen LogP contribution in [0.1, 0.15) is 23.7 Å². The van der Waals surface area contributed by atoms with Gasteiger partial charge < -0.3 is 15.5 Å². The number of halogens is 2. The van der Waals surface area contributed by atoms with Crippen molar-refractivity contribution in [3.63, 3.8) is 0 Å². The van der Waals surface area contributed by atoms with E-state index in [1.807, 2.05) is 9.80 Å². The summed E-state index contributed by atoms with van der Waals surface area (Å²) in [5.74, 6) is -1.83. The Hall–Kier alpha value is -3.33. The Balaban J connectivity index is 1.62. The lowest BCUT2D eigenvalue weighted by Crippen LogP contribution is -2.50. The Kier molecular flexibility index (Phi) is 7.53. The van der Waals surface area contributed by atoms with Gasteiger partial charge in [-0.3, -0.25) is 19.3 Å². The third kappa shape index (κ3) is 5.88. The number of carbonyl (C=O) groups excluding carboxylic acids is 3. The van der Waals surface area contributed by atoms with E-state index in [1.165, 1.54) is 42.2 Å². The number of anilines is 2. The van der Waals surface area contributed by atoms with Crippen LogP contribution in [0, 0.1) is 11.6 Å². The lowest BCUT2D eigenvalue weighted by molar-refractivity contribution is -0.120. The van der Waals surface area contributed by atoms with Crippen molar-refractivity contribution in [3.8, 4) is 0 Å². The maximum Gasteiger partial charge on any atom is 0.241 e. The first kappa shape index (κ1) is 23.3. The highest BCUT2D eigenvalue weighted by Gasteiger charge is 2.24. The molecule has 2 N–H and O–H groups in total. The summed E-state index contributed by atoms with van der Waals surface area (Å²) in [4.78, 5) is 40.8. The molecule has 0 saturated carbocycles. The predicted octanol–water partition coefficient (Wildman–Crippen LogP) is 2.20. The third-order valence-electron chi connectivity index (χ3n) is 5.45. The SMILES string of the molecule is CC(=O)c1ccc(N2CCN(CC(=O)N(CCC(N)=O)c3ccc(F)cc3)CC2)c(F)c1. The number of Topliss-reactive ketones (excluding diaryl/α,β-unsaturated/α-hetero) is 1. The van der Waals surface area contributed by atoms with Crippen molar-refractivity contribution in [3.05, 3.63) is 59.7 Å². The first-order chi connectivity index (χ1) is 15.2. The number of hydrogen-bond acceptors (Lipinski definition) is 5. The largest absolute Gasteiger partial charge is 0.370 e. The van der Waals surface area contributed by atoms with E-state index in [9.17, 15) is 23.2 Å². The van der Waals surface area contributed by atoms with Gasteiger partial charge in [-0.25, -0.2) is 8.78 Å². The summed E-state index contributed by atoms with van der Waals surface area (Å²) in [5, 5.41) is 0. The molecule has 1 fully saturated rings. The van der Waals surface area contributed by atoms with Crippen molar-refractivity contribution in [2.45, 2.75) is 13.3 Å². The molecular weight excluding hydrogens is 418 g/mol. The average molecular weight is 444 g/mol. The average Bonchev–Trinajstić information content (AvgIpc) is 2.75. The van der Waals surface area contributed by atoms with Crippen LogP contribution in [0.4, 0.5) is 20.2 Å². The predicted molar refractivity (Wildman–Crippen MR) is 118 cm³/mol.